The van der Waals surface area contributed by atoms with Gasteiger partial charge in [-0.25, -0.2) is 0 Å². The molecule has 0 bridgehead atoms. The van der Waals surface area contributed by atoms with Crippen molar-refractivity contribution in [2.75, 3.05) is 26.9 Å². The Bertz CT molecular complexity index is 644. The molecule has 0 saturated carbocycles. The highest BCUT2D eigenvalue weighted by atomic mass is 16.5. The summed E-state index contributed by atoms with van der Waals surface area (Å²) in [6.45, 7) is 1.73. The van der Waals surface area contributed by atoms with Crippen LogP contribution in [-0.2, 0) is 20.7 Å². The summed E-state index contributed by atoms with van der Waals surface area (Å²) in [7, 11) is 1.59. The van der Waals surface area contributed by atoms with Gasteiger partial charge in [-0.1, -0.05) is 60.7 Å². The quantitative estimate of drug-likeness (QED) is 0.848. The van der Waals surface area contributed by atoms with E-state index in [9.17, 15) is 4.79 Å². The maximum atomic E-state index is 13.1. The normalized spacial score (nSPS) is 19.0. The largest absolute Gasteiger partial charge is 0.377 e. The Labute approximate surface area is 143 Å². The van der Waals surface area contributed by atoms with E-state index < -0.39 is 6.10 Å². The highest BCUT2D eigenvalue weighted by molar-refractivity contribution is 5.82. The molecule has 0 N–H and O–H groups in total. The molecule has 3 rings (SSSR count). The lowest BCUT2D eigenvalue weighted by atomic mass is 10.0. The van der Waals surface area contributed by atoms with E-state index in [0.717, 1.165) is 12.0 Å². The molecule has 0 unspecified atom stereocenters. The number of amides is 1. The molecule has 4 heteroatoms. The smallest absolute Gasteiger partial charge is 0.256 e. The first-order valence-corrected chi connectivity index (χ1v) is 8.29. The Kier molecular flexibility index (Phi) is 5.62. The van der Waals surface area contributed by atoms with Gasteiger partial charge in [-0.3, -0.25) is 4.79 Å². The van der Waals surface area contributed by atoms with Gasteiger partial charge >= 0.3 is 0 Å². The van der Waals surface area contributed by atoms with Gasteiger partial charge in [0.25, 0.3) is 5.91 Å². The summed E-state index contributed by atoms with van der Waals surface area (Å²) in [5.41, 5.74) is 2.09. The zero-order chi connectivity index (χ0) is 16.8. The number of carbonyl (C=O) groups excluding carboxylic acids is 1. The van der Waals surface area contributed by atoms with Crippen LogP contribution in [-0.4, -0.2) is 43.7 Å². The predicted octanol–water partition coefficient (Wildman–Crippen LogP) is 2.84. The summed E-state index contributed by atoms with van der Waals surface area (Å²) in [6, 6.07) is 19.9. The number of hydrogen-bond acceptors (Lipinski definition) is 3. The third-order valence-electron chi connectivity index (χ3n) is 4.39. The number of rotatable bonds is 5. The van der Waals surface area contributed by atoms with Crippen LogP contribution in [0.15, 0.2) is 60.7 Å². The minimum absolute atomic E-state index is 0.00734. The SMILES string of the molecule is CO[C@H](C(=O)N1CCOC[C@@H]1Cc1ccccc1)c1ccccc1. The van der Waals surface area contributed by atoms with E-state index in [2.05, 4.69) is 12.1 Å². The van der Waals surface area contributed by atoms with Crippen LogP contribution < -0.4 is 0 Å². The average Bonchev–Trinajstić information content (AvgIpc) is 2.64. The lowest BCUT2D eigenvalue weighted by Gasteiger charge is -2.37. The van der Waals surface area contributed by atoms with Crippen molar-refractivity contribution in [3.63, 3.8) is 0 Å². The van der Waals surface area contributed by atoms with E-state index in [1.165, 1.54) is 5.56 Å². The summed E-state index contributed by atoms with van der Waals surface area (Å²) in [5, 5.41) is 0. The monoisotopic (exact) mass is 325 g/mol. The van der Waals surface area contributed by atoms with Crippen molar-refractivity contribution in [2.45, 2.75) is 18.6 Å². The van der Waals surface area contributed by atoms with Gasteiger partial charge < -0.3 is 14.4 Å². The van der Waals surface area contributed by atoms with Crippen molar-refractivity contribution in [2.24, 2.45) is 0 Å². The first-order valence-electron chi connectivity index (χ1n) is 8.29. The molecule has 1 aliphatic heterocycles. The number of methoxy groups -OCH3 is 1. The molecule has 2 aromatic rings. The van der Waals surface area contributed by atoms with Crippen molar-refractivity contribution in [1.29, 1.82) is 0 Å². The first-order chi connectivity index (χ1) is 11.8. The summed E-state index contributed by atoms with van der Waals surface area (Å²) < 4.78 is 11.1. The third kappa shape index (κ3) is 3.83. The second-order valence-electron chi connectivity index (χ2n) is 5.98. The number of hydrogen-bond donors (Lipinski definition) is 0. The van der Waals surface area contributed by atoms with Crippen LogP contribution in [0.3, 0.4) is 0 Å². The molecule has 1 saturated heterocycles. The Morgan fingerprint density at radius 3 is 2.50 bits per heavy atom. The van der Waals surface area contributed by atoms with Crippen molar-refractivity contribution in [1.82, 2.24) is 4.90 Å². The van der Waals surface area contributed by atoms with E-state index in [1.54, 1.807) is 7.11 Å². The van der Waals surface area contributed by atoms with Gasteiger partial charge in [-0.05, 0) is 17.5 Å². The molecule has 126 valence electrons. The summed E-state index contributed by atoms with van der Waals surface area (Å²) in [6.07, 6.45) is 0.222. The van der Waals surface area contributed by atoms with Crippen molar-refractivity contribution in [3.05, 3.63) is 71.8 Å². The zero-order valence-electron chi connectivity index (χ0n) is 13.9. The van der Waals surface area contributed by atoms with E-state index in [4.69, 9.17) is 9.47 Å². The van der Waals surface area contributed by atoms with Gasteiger partial charge in [0.05, 0.1) is 19.3 Å². The molecular formula is C20H23NO3. The van der Waals surface area contributed by atoms with E-state index >= 15 is 0 Å². The van der Waals surface area contributed by atoms with E-state index in [-0.39, 0.29) is 11.9 Å². The minimum atomic E-state index is -0.567. The standard InChI is InChI=1S/C20H23NO3/c1-23-19(17-10-6-3-7-11-17)20(22)21-12-13-24-15-18(21)14-16-8-4-2-5-9-16/h2-11,18-19H,12-15H2,1H3/t18-,19-/m0/s1. The molecule has 0 aromatic heterocycles. The summed E-state index contributed by atoms with van der Waals surface area (Å²) >= 11 is 0. The maximum Gasteiger partial charge on any atom is 0.256 e. The Morgan fingerprint density at radius 2 is 1.83 bits per heavy atom. The molecule has 0 aliphatic carbocycles. The molecule has 0 radical (unpaired) electrons. The number of carbonyl (C=O) groups is 1. The Balaban J connectivity index is 1.77. The van der Waals surface area contributed by atoms with Gasteiger partial charge in [-0.15, -0.1) is 0 Å². The molecule has 1 heterocycles. The molecule has 1 amide bonds. The van der Waals surface area contributed by atoms with Crippen molar-refractivity contribution < 1.29 is 14.3 Å². The predicted molar refractivity (Wildman–Crippen MR) is 92.7 cm³/mol. The second kappa shape index (κ2) is 8.08. The molecule has 2 aromatic carbocycles. The Morgan fingerprint density at radius 1 is 1.17 bits per heavy atom. The fourth-order valence-corrected chi connectivity index (χ4v) is 3.16. The maximum absolute atomic E-state index is 13.1. The lowest BCUT2D eigenvalue weighted by molar-refractivity contribution is -0.151. The van der Waals surface area contributed by atoms with Crippen molar-refractivity contribution >= 4 is 5.91 Å². The van der Waals surface area contributed by atoms with Crippen molar-refractivity contribution in [3.8, 4) is 0 Å². The van der Waals surface area contributed by atoms with E-state index in [0.29, 0.717) is 19.8 Å². The number of ether oxygens (including phenoxy) is 2. The van der Waals surface area contributed by atoms with Crippen LogP contribution >= 0.6 is 0 Å². The molecule has 4 nitrogen and oxygen atoms in total. The number of nitrogens with zero attached hydrogens (tertiary/aromatic N) is 1. The van der Waals surface area contributed by atoms with Gasteiger partial charge in [0.1, 0.15) is 0 Å². The minimum Gasteiger partial charge on any atom is -0.377 e. The van der Waals surface area contributed by atoms with Crippen LogP contribution in [0.5, 0.6) is 0 Å². The third-order valence-corrected chi connectivity index (χ3v) is 4.39. The summed E-state index contributed by atoms with van der Waals surface area (Å²) in [5.74, 6) is 0.00734. The van der Waals surface area contributed by atoms with Crippen LogP contribution in [0.2, 0.25) is 0 Å². The molecule has 2 atom stereocenters. The topological polar surface area (TPSA) is 38.8 Å². The van der Waals surface area contributed by atoms with Gasteiger partial charge in [0.2, 0.25) is 0 Å². The lowest BCUT2D eigenvalue weighted by Crippen LogP contribution is -2.51. The van der Waals surface area contributed by atoms with E-state index in [1.807, 2.05) is 53.4 Å². The van der Waals surface area contributed by atoms with Gasteiger partial charge in [0, 0.05) is 13.7 Å². The van der Waals surface area contributed by atoms with Gasteiger partial charge in [0.15, 0.2) is 6.10 Å². The number of benzene rings is 2. The molecule has 1 fully saturated rings. The van der Waals surface area contributed by atoms with Gasteiger partial charge in [-0.2, -0.15) is 0 Å². The average molecular weight is 325 g/mol. The molecular weight excluding hydrogens is 302 g/mol. The Hall–Kier alpha value is -2.17. The van der Waals surface area contributed by atoms with Crippen LogP contribution in [0.4, 0.5) is 0 Å². The fraction of sp³-hybridized carbons (Fsp3) is 0.350. The molecule has 1 aliphatic rings. The van der Waals surface area contributed by atoms with Crippen LogP contribution in [0.25, 0.3) is 0 Å². The highest BCUT2D eigenvalue weighted by Gasteiger charge is 2.32. The zero-order valence-corrected chi connectivity index (χ0v) is 13.9. The first kappa shape index (κ1) is 16.7. The molecule has 0 spiro atoms. The van der Waals surface area contributed by atoms with Crippen LogP contribution in [0.1, 0.15) is 17.2 Å². The van der Waals surface area contributed by atoms with Crippen LogP contribution in [0, 0.1) is 0 Å². The summed E-state index contributed by atoms with van der Waals surface area (Å²) in [4.78, 5) is 15.0. The second-order valence-corrected chi connectivity index (χ2v) is 5.98. The highest BCUT2D eigenvalue weighted by Crippen LogP contribution is 2.23. The number of morpholine rings is 1. The fourth-order valence-electron chi connectivity index (χ4n) is 3.16. The molecule has 24 heavy (non-hydrogen) atoms.